The molecule has 0 spiro atoms. The smallest absolute Gasteiger partial charge is 0.230 e. The summed E-state index contributed by atoms with van der Waals surface area (Å²) in [5, 5.41) is 2.96. The van der Waals surface area contributed by atoms with Crippen LogP contribution in [0.5, 0.6) is 0 Å². The molecule has 0 aromatic heterocycles. The molecule has 2 rings (SSSR count). The molecule has 0 saturated heterocycles. The Balaban J connectivity index is 1.76. The van der Waals surface area contributed by atoms with E-state index in [1.165, 1.54) is 5.56 Å². The predicted molar refractivity (Wildman–Crippen MR) is 94.5 cm³/mol. The summed E-state index contributed by atoms with van der Waals surface area (Å²) in [5.41, 5.74) is 3.50. The summed E-state index contributed by atoms with van der Waals surface area (Å²) in [4.78, 5) is 15.1. The number of benzene rings is 2. The highest BCUT2D eigenvalue weighted by Gasteiger charge is 2.03. The average Bonchev–Trinajstić information content (AvgIpc) is 2.52. The highest BCUT2D eigenvalue weighted by Crippen LogP contribution is 2.18. The molecule has 0 aliphatic carbocycles. The van der Waals surface area contributed by atoms with Crippen LogP contribution in [-0.4, -0.2) is 25.8 Å². The second-order valence-electron chi connectivity index (χ2n) is 5.44. The zero-order valence-electron chi connectivity index (χ0n) is 13.3. The number of nitrogens with one attached hydrogen (secondary N) is 1. The Bertz CT molecular complexity index is 606. The van der Waals surface area contributed by atoms with Gasteiger partial charge < -0.3 is 10.2 Å². The van der Waals surface area contributed by atoms with Gasteiger partial charge in [0, 0.05) is 31.2 Å². The zero-order valence-corrected chi connectivity index (χ0v) is 14.1. The first-order chi connectivity index (χ1) is 10.5. The molecule has 3 nitrogen and oxygen atoms in total. The number of thioether (sulfide) groups is 1. The monoisotopic (exact) mass is 314 g/mol. The highest BCUT2D eigenvalue weighted by atomic mass is 32.2. The number of nitrogens with zero attached hydrogens (tertiary/aromatic N) is 1. The van der Waals surface area contributed by atoms with Crippen LogP contribution < -0.4 is 10.2 Å². The van der Waals surface area contributed by atoms with Gasteiger partial charge in [-0.3, -0.25) is 4.79 Å². The number of carbonyl (C=O) groups is 1. The topological polar surface area (TPSA) is 32.3 Å². The van der Waals surface area contributed by atoms with Crippen molar-refractivity contribution in [2.75, 3.05) is 24.7 Å². The molecular weight excluding hydrogens is 292 g/mol. The molecule has 0 heterocycles. The van der Waals surface area contributed by atoms with Crippen molar-refractivity contribution < 1.29 is 4.79 Å². The molecular formula is C18H22N2OS. The van der Waals surface area contributed by atoms with E-state index in [4.69, 9.17) is 0 Å². The van der Waals surface area contributed by atoms with Gasteiger partial charge in [0.1, 0.15) is 0 Å². The van der Waals surface area contributed by atoms with E-state index in [-0.39, 0.29) is 5.91 Å². The lowest BCUT2D eigenvalue weighted by molar-refractivity contribution is -0.118. The van der Waals surface area contributed by atoms with E-state index < -0.39 is 0 Å². The Labute approximate surface area is 136 Å². The lowest BCUT2D eigenvalue weighted by Gasteiger charge is -2.13. The van der Waals surface area contributed by atoms with Crippen LogP contribution in [0.1, 0.15) is 11.1 Å². The van der Waals surface area contributed by atoms with Crippen molar-refractivity contribution in [3.05, 3.63) is 59.7 Å². The van der Waals surface area contributed by atoms with Crippen LogP contribution >= 0.6 is 11.8 Å². The van der Waals surface area contributed by atoms with Crippen molar-refractivity contribution in [2.45, 2.75) is 18.4 Å². The third kappa shape index (κ3) is 5.11. The summed E-state index contributed by atoms with van der Waals surface area (Å²) in [7, 11) is 4.03. The minimum Gasteiger partial charge on any atom is -0.378 e. The summed E-state index contributed by atoms with van der Waals surface area (Å²) in [6, 6.07) is 16.4. The van der Waals surface area contributed by atoms with Crippen LogP contribution in [0, 0.1) is 6.92 Å². The van der Waals surface area contributed by atoms with Gasteiger partial charge in [-0.25, -0.2) is 0 Å². The molecule has 0 bridgehead atoms. The largest absolute Gasteiger partial charge is 0.378 e. The summed E-state index contributed by atoms with van der Waals surface area (Å²) in [6.07, 6.45) is 0. The first kappa shape index (κ1) is 16.4. The van der Waals surface area contributed by atoms with Crippen molar-refractivity contribution in [3.8, 4) is 0 Å². The van der Waals surface area contributed by atoms with E-state index >= 15 is 0 Å². The molecule has 1 amide bonds. The molecule has 0 aliphatic heterocycles. The van der Waals surface area contributed by atoms with Crippen molar-refractivity contribution in [2.24, 2.45) is 0 Å². The van der Waals surface area contributed by atoms with Gasteiger partial charge in [-0.05, 0) is 36.8 Å². The van der Waals surface area contributed by atoms with E-state index in [2.05, 4.69) is 41.4 Å². The van der Waals surface area contributed by atoms with E-state index in [1.807, 2.05) is 38.4 Å². The van der Waals surface area contributed by atoms with Gasteiger partial charge in [0.25, 0.3) is 0 Å². The van der Waals surface area contributed by atoms with Gasteiger partial charge in [-0.1, -0.05) is 29.8 Å². The zero-order chi connectivity index (χ0) is 15.9. The third-order valence-electron chi connectivity index (χ3n) is 3.33. The molecule has 0 fully saturated rings. The first-order valence-electron chi connectivity index (χ1n) is 7.27. The van der Waals surface area contributed by atoms with Crippen LogP contribution in [0.25, 0.3) is 0 Å². The summed E-state index contributed by atoms with van der Waals surface area (Å²) < 4.78 is 0. The predicted octanol–water partition coefficient (Wildman–Crippen LogP) is 3.47. The Morgan fingerprint density at radius 1 is 1.05 bits per heavy atom. The van der Waals surface area contributed by atoms with E-state index in [0.29, 0.717) is 12.3 Å². The molecule has 0 atom stereocenters. The van der Waals surface area contributed by atoms with Crippen molar-refractivity contribution >= 4 is 23.4 Å². The van der Waals surface area contributed by atoms with Crippen molar-refractivity contribution in [3.63, 3.8) is 0 Å². The summed E-state index contributed by atoms with van der Waals surface area (Å²) in [6.45, 7) is 2.63. The second-order valence-corrected chi connectivity index (χ2v) is 6.49. The molecule has 0 unspecified atom stereocenters. The molecule has 1 N–H and O–H groups in total. The lowest BCUT2D eigenvalue weighted by atomic mass is 10.2. The Hall–Kier alpha value is -1.94. The Morgan fingerprint density at radius 2 is 1.68 bits per heavy atom. The van der Waals surface area contributed by atoms with Crippen LogP contribution in [0.15, 0.2) is 53.4 Å². The fraction of sp³-hybridized carbons (Fsp3) is 0.278. The quantitative estimate of drug-likeness (QED) is 0.829. The van der Waals surface area contributed by atoms with Gasteiger partial charge >= 0.3 is 0 Å². The van der Waals surface area contributed by atoms with Gasteiger partial charge in [0.15, 0.2) is 0 Å². The van der Waals surface area contributed by atoms with Crippen LogP contribution in [-0.2, 0) is 11.3 Å². The molecule has 2 aromatic carbocycles. The summed E-state index contributed by atoms with van der Waals surface area (Å²) in [5.74, 6) is 0.501. The van der Waals surface area contributed by atoms with Crippen molar-refractivity contribution in [1.29, 1.82) is 0 Å². The van der Waals surface area contributed by atoms with Crippen LogP contribution in [0.2, 0.25) is 0 Å². The van der Waals surface area contributed by atoms with E-state index in [0.717, 1.165) is 16.1 Å². The third-order valence-corrected chi connectivity index (χ3v) is 4.35. The number of amides is 1. The minimum atomic E-state index is 0.0576. The van der Waals surface area contributed by atoms with Crippen LogP contribution in [0.4, 0.5) is 5.69 Å². The van der Waals surface area contributed by atoms with E-state index in [1.54, 1.807) is 11.8 Å². The molecule has 22 heavy (non-hydrogen) atoms. The van der Waals surface area contributed by atoms with Gasteiger partial charge in [0.2, 0.25) is 5.91 Å². The molecule has 0 aliphatic rings. The van der Waals surface area contributed by atoms with Gasteiger partial charge in [-0.15, -0.1) is 11.8 Å². The molecule has 0 saturated carbocycles. The van der Waals surface area contributed by atoms with Crippen molar-refractivity contribution in [1.82, 2.24) is 5.32 Å². The molecule has 0 radical (unpaired) electrons. The number of carbonyl (C=O) groups excluding carboxylic acids is 1. The molecule has 4 heteroatoms. The first-order valence-corrected chi connectivity index (χ1v) is 8.25. The maximum atomic E-state index is 11.9. The van der Waals surface area contributed by atoms with E-state index in [9.17, 15) is 4.79 Å². The number of hydrogen-bond acceptors (Lipinski definition) is 3. The fourth-order valence-electron chi connectivity index (χ4n) is 1.95. The Morgan fingerprint density at radius 3 is 2.27 bits per heavy atom. The fourth-order valence-corrected chi connectivity index (χ4v) is 2.68. The Kier molecular flexibility index (Phi) is 5.90. The number of rotatable bonds is 6. The maximum absolute atomic E-state index is 11.9. The number of anilines is 1. The normalized spacial score (nSPS) is 10.3. The number of hydrogen-bond donors (Lipinski definition) is 1. The average molecular weight is 314 g/mol. The number of aryl methyl sites for hydroxylation is 1. The minimum absolute atomic E-state index is 0.0576. The molecule has 2 aromatic rings. The lowest BCUT2D eigenvalue weighted by Crippen LogP contribution is -2.24. The standard InChI is InChI=1S/C18H22N2OS/c1-14-4-10-17(11-5-14)22-13-18(21)19-12-15-6-8-16(9-7-15)20(2)3/h4-11H,12-13H2,1-3H3,(H,19,21). The summed E-state index contributed by atoms with van der Waals surface area (Å²) >= 11 is 1.56. The SMILES string of the molecule is Cc1ccc(SCC(=O)NCc2ccc(N(C)C)cc2)cc1. The van der Waals surface area contributed by atoms with Gasteiger partial charge in [0.05, 0.1) is 5.75 Å². The molecule has 116 valence electrons. The second kappa shape index (κ2) is 7.90. The maximum Gasteiger partial charge on any atom is 0.230 e. The highest BCUT2D eigenvalue weighted by molar-refractivity contribution is 8.00. The van der Waals surface area contributed by atoms with Gasteiger partial charge in [-0.2, -0.15) is 0 Å². The van der Waals surface area contributed by atoms with Crippen LogP contribution in [0.3, 0.4) is 0 Å².